The van der Waals surface area contributed by atoms with Gasteiger partial charge in [-0.05, 0) is 42.7 Å². The summed E-state index contributed by atoms with van der Waals surface area (Å²) >= 11 is 0. The molecule has 1 fully saturated rings. The van der Waals surface area contributed by atoms with Gasteiger partial charge in [0.2, 0.25) is 0 Å². The highest BCUT2D eigenvalue weighted by Crippen LogP contribution is 2.49. The fraction of sp³-hybridized carbons (Fsp3) is 0.385. The lowest BCUT2D eigenvalue weighted by molar-refractivity contribution is -0.191. The molecule has 8 nitrogen and oxygen atoms in total. The Hall–Kier alpha value is -3.80. The number of carbonyl (C=O) groups excluding carboxylic acids is 2. The summed E-state index contributed by atoms with van der Waals surface area (Å²) in [5.41, 5.74) is 0.784. The number of urea groups is 1. The lowest BCUT2D eigenvalue weighted by atomic mass is 9.68. The van der Waals surface area contributed by atoms with E-state index < -0.39 is 42.0 Å². The molecule has 1 spiro atoms. The van der Waals surface area contributed by atoms with E-state index in [4.69, 9.17) is 4.74 Å². The third kappa shape index (κ3) is 4.32. The molecule has 2 aliphatic heterocycles. The van der Waals surface area contributed by atoms with Crippen LogP contribution in [0.15, 0.2) is 42.5 Å². The molecule has 3 amide bonds. The predicted molar refractivity (Wildman–Crippen MR) is 130 cm³/mol. The van der Waals surface area contributed by atoms with Crippen LogP contribution in [0.25, 0.3) is 10.9 Å². The van der Waals surface area contributed by atoms with E-state index in [1.165, 1.54) is 30.2 Å². The number of para-hydroxylation sites is 1. The van der Waals surface area contributed by atoms with Crippen molar-refractivity contribution in [3.05, 3.63) is 59.5 Å². The number of aromatic amines is 1. The number of benzene rings is 2. The minimum Gasteiger partial charge on any atom is -0.497 e. The van der Waals surface area contributed by atoms with E-state index in [0.717, 1.165) is 10.9 Å². The number of piperidine rings is 1. The van der Waals surface area contributed by atoms with Gasteiger partial charge in [-0.3, -0.25) is 4.79 Å². The number of H-pyrrole nitrogens is 1. The van der Waals surface area contributed by atoms with Crippen LogP contribution in [-0.4, -0.2) is 71.4 Å². The number of anilines is 1. The molecule has 3 aromatic rings. The smallest absolute Gasteiger partial charge is 0.471 e. The average Bonchev–Trinajstić information content (AvgIpc) is 3.29. The number of hydrogen-bond donors (Lipinski definition) is 3. The summed E-state index contributed by atoms with van der Waals surface area (Å²) < 4.78 is 60.1. The van der Waals surface area contributed by atoms with Crippen molar-refractivity contribution in [1.82, 2.24) is 14.8 Å². The molecule has 3 heterocycles. The first-order valence-corrected chi connectivity index (χ1v) is 12.1. The van der Waals surface area contributed by atoms with Gasteiger partial charge in [-0.2, -0.15) is 13.2 Å². The quantitative estimate of drug-likeness (QED) is 0.436. The number of nitrogens with one attached hydrogen (secondary N) is 2. The van der Waals surface area contributed by atoms with Crippen molar-refractivity contribution < 1.29 is 37.0 Å². The number of carbonyl (C=O) groups is 2. The zero-order valence-corrected chi connectivity index (χ0v) is 20.4. The van der Waals surface area contributed by atoms with Crippen LogP contribution in [0.3, 0.4) is 0 Å². The number of nitrogens with zero attached hydrogens (tertiary/aromatic N) is 2. The van der Waals surface area contributed by atoms with Gasteiger partial charge in [-0.25, -0.2) is 9.18 Å². The molecule has 0 saturated carbocycles. The number of aromatic nitrogens is 1. The van der Waals surface area contributed by atoms with Crippen LogP contribution in [0.2, 0.25) is 0 Å². The molecule has 2 aliphatic rings. The van der Waals surface area contributed by atoms with Gasteiger partial charge >= 0.3 is 18.1 Å². The molecule has 0 unspecified atom stereocenters. The third-order valence-electron chi connectivity index (χ3n) is 7.55. The Kier molecular flexibility index (Phi) is 6.46. The highest BCUT2D eigenvalue weighted by atomic mass is 19.4. The second-order valence-corrected chi connectivity index (χ2v) is 9.63. The van der Waals surface area contributed by atoms with E-state index in [1.807, 2.05) is 0 Å². The summed E-state index contributed by atoms with van der Waals surface area (Å²) in [5, 5.41) is 13.4. The van der Waals surface area contributed by atoms with Gasteiger partial charge in [0.15, 0.2) is 0 Å². The maximum absolute atomic E-state index is 14.0. The van der Waals surface area contributed by atoms with E-state index in [1.54, 1.807) is 24.3 Å². The monoisotopic (exact) mass is 534 g/mol. The van der Waals surface area contributed by atoms with Crippen molar-refractivity contribution in [2.24, 2.45) is 0 Å². The van der Waals surface area contributed by atoms with Crippen LogP contribution in [0.4, 0.5) is 28.0 Å². The van der Waals surface area contributed by atoms with Crippen molar-refractivity contribution >= 4 is 28.5 Å². The lowest BCUT2D eigenvalue weighted by Gasteiger charge is -2.50. The molecule has 0 bridgehead atoms. The number of methoxy groups -OCH3 is 1. The number of likely N-dealkylation sites (tertiary alicyclic amines) is 1. The molecule has 12 heteroatoms. The summed E-state index contributed by atoms with van der Waals surface area (Å²) in [7, 11) is 1.49. The number of fused-ring (bicyclic) bond motifs is 4. The first-order valence-electron chi connectivity index (χ1n) is 12.1. The number of aliphatic hydroxyl groups excluding tert-OH is 1. The van der Waals surface area contributed by atoms with E-state index in [9.17, 15) is 32.3 Å². The van der Waals surface area contributed by atoms with Gasteiger partial charge in [0.1, 0.15) is 11.6 Å². The van der Waals surface area contributed by atoms with E-state index in [-0.39, 0.29) is 38.2 Å². The zero-order valence-electron chi connectivity index (χ0n) is 20.4. The Morgan fingerprint density at radius 2 is 1.89 bits per heavy atom. The van der Waals surface area contributed by atoms with Crippen molar-refractivity contribution in [1.29, 1.82) is 0 Å². The van der Waals surface area contributed by atoms with Crippen molar-refractivity contribution in [3.63, 3.8) is 0 Å². The highest BCUT2D eigenvalue weighted by Gasteiger charge is 2.53. The molecule has 2 aromatic carbocycles. The van der Waals surface area contributed by atoms with Crippen LogP contribution in [-0.2, 0) is 10.2 Å². The van der Waals surface area contributed by atoms with Crippen LogP contribution in [0.1, 0.15) is 30.1 Å². The number of ether oxygens (including phenoxy) is 1. The number of rotatable bonds is 3. The Bertz CT molecular complexity index is 1380. The van der Waals surface area contributed by atoms with Crippen molar-refractivity contribution in [3.8, 4) is 5.75 Å². The molecule has 1 aromatic heterocycles. The Labute approximate surface area is 215 Å². The van der Waals surface area contributed by atoms with E-state index in [0.29, 0.717) is 21.9 Å². The molecule has 38 heavy (non-hydrogen) atoms. The number of halogens is 4. The summed E-state index contributed by atoms with van der Waals surface area (Å²) in [6, 6.07) is 9.25. The second kappa shape index (κ2) is 9.50. The van der Waals surface area contributed by atoms with Crippen LogP contribution in [0, 0.1) is 5.82 Å². The Balaban J connectivity index is 1.51. The molecular formula is C26H26F4N4O4. The van der Waals surface area contributed by atoms with Crippen LogP contribution >= 0.6 is 0 Å². The Morgan fingerprint density at radius 3 is 2.53 bits per heavy atom. The van der Waals surface area contributed by atoms with E-state index in [2.05, 4.69) is 10.3 Å². The maximum atomic E-state index is 14.0. The molecule has 1 atom stereocenters. The first-order chi connectivity index (χ1) is 18.1. The van der Waals surface area contributed by atoms with Crippen LogP contribution < -0.4 is 10.1 Å². The average molecular weight is 535 g/mol. The molecule has 0 radical (unpaired) electrons. The van der Waals surface area contributed by atoms with Gasteiger partial charge in [-0.1, -0.05) is 12.1 Å². The lowest BCUT2D eigenvalue weighted by Crippen LogP contribution is -2.58. The number of aliphatic hydroxyl groups is 1. The summed E-state index contributed by atoms with van der Waals surface area (Å²) in [6.07, 6.45) is -4.62. The van der Waals surface area contributed by atoms with Crippen LogP contribution in [0.5, 0.6) is 5.75 Å². The minimum atomic E-state index is -5.12. The first kappa shape index (κ1) is 25.8. The van der Waals surface area contributed by atoms with Gasteiger partial charge in [0, 0.05) is 47.7 Å². The SMILES string of the molecule is COc1ccc2c3c([nH]c2c1)[C@H](CO)N(C(=O)C(F)(F)F)CC31CCN(C(=O)Nc2ccccc2F)CC1. The topological polar surface area (TPSA) is 97.9 Å². The van der Waals surface area contributed by atoms with Crippen molar-refractivity contribution in [2.75, 3.05) is 38.7 Å². The minimum absolute atomic E-state index is 0.0241. The fourth-order valence-electron chi connectivity index (χ4n) is 5.69. The Morgan fingerprint density at radius 1 is 1.18 bits per heavy atom. The summed E-state index contributed by atoms with van der Waals surface area (Å²) in [6.45, 7) is -0.641. The fourth-order valence-corrected chi connectivity index (χ4v) is 5.69. The normalized spacial score (nSPS) is 18.9. The molecule has 202 valence electrons. The second-order valence-electron chi connectivity index (χ2n) is 9.63. The zero-order chi connectivity index (χ0) is 27.2. The summed E-state index contributed by atoms with van der Waals surface area (Å²) in [5.74, 6) is -2.08. The highest BCUT2D eigenvalue weighted by molar-refractivity contribution is 5.91. The molecule has 5 rings (SSSR count). The van der Waals surface area contributed by atoms with Gasteiger partial charge in [0.25, 0.3) is 0 Å². The molecular weight excluding hydrogens is 508 g/mol. The van der Waals surface area contributed by atoms with Gasteiger partial charge < -0.3 is 29.9 Å². The number of amides is 3. The molecule has 1 saturated heterocycles. The third-order valence-corrected chi connectivity index (χ3v) is 7.55. The van der Waals surface area contributed by atoms with E-state index >= 15 is 0 Å². The maximum Gasteiger partial charge on any atom is 0.471 e. The predicted octanol–water partition coefficient (Wildman–Crippen LogP) is 4.32. The van der Waals surface area contributed by atoms with Gasteiger partial charge in [-0.15, -0.1) is 0 Å². The van der Waals surface area contributed by atoms with Gasteiger partial charge in [0.05, 0.1) is 25.4 Å². The summed E-state index contributed by atoms with van der Waals surface area (Å²) in [4.78, 5) is 30.6. The number of alkyl halides is 3. The van der Waals surface area contributed by atoms with Crippen molar-refractivity contribution in [2.45, 2.75) is 30.5 Å². The molecule has 3 N–H and O–H groups in total. The standard InChI is InChI=1S/C26H26F4N4O4/c1-38-15-6-7-16-19(12-15)31-22-20(13-35)34(23(36)26(28,29)30)14-25(21(16)22)8-10-33(11-9-25)24(37)32-18-5-3-2-4-17(18)27/h2-7,12,20,31,35H,8-11,13-14H2,1H3,(H,32,37)/t20-/m0/s1. The number of hydrogen-bond acceptors (Lipinski definition) is 4. The molecule has 0 aliphatic carbocycles. The largest absolute Gasteiger partial charge is 0.497 e.